The molecule has 0 unspecified atom stereocenters. The number of aryl methyl sites for hydroxylation is 1. The van der Waals surface area contributed by atoms with Crippen molar-refractivity contribution >= 4 is 28.3 Å². The largest absolute Gasteiger partial charge is 0.497 e. The Hall–Kier alpha value is -2.46. The van der Waals surface area contributed by atoms with E-state index in [0.717, 1.165) is 40.8 Å². The molecule has 0 aliphatic heterocycles. The molecular formula is C21H23ClN2O2. The highest BCUT2D eigenvalue weighted by molar-refractivity contribution is 6.33. The lowest BCUT2D eigenvalue weighted by Gasteiger charge is -2.13. The van der Waals surface area contributed by atoms with E-state index in [9.17, 15) is 0 Å². The number of nitrogens with one attached hydrogen (secondary N) is 1. The number of ether oxygens (including phenoxy) is 2. The monoisotopic (exact) mass is 370 g/mol. The Labute approximate surface area is 159 Å². The zero-order chi connectivity index (χ0) is 18.5. The van der Waals surface area contributed by atoms with Crippen LogP contribution < -0.4 is 14.8 Å². The number of benzene rings is 2. The highest BCUT2D eigenvalue weighted by Gasteiger charge is 2.09. The van der Waals surface area contributed by atoms with Crippen LogP contribution in [0.2, 0.25) is 5.02 Å². The van der Waals surface area contributed by atoms with Gasteiger partial charge in [0.2, 0.25) is 0 Å². The van der Waals surface area contributed by atoms with Gasteiger partial charge in [0.25, 0.3) is 0 Å². The average Bonchev–Trinajstić information content (AvgIpc) is 2.66. The van der Waals surface area contributed by atoms with Gasteiger partial charge in [0.1, 0.15) is 17.3 Å². The fraction of sp³-hybridized carbons (Fsp3) is 0.286. The average molecular weight is 371 g/mol. The van der Waals surface area contributed by atoms with Gasteiger partial charge in [0.15, 0.2) is 0 Å². The zero-order valence-corrected chi connectivity index (χ0v) is 16.1. The van der Waals surface area contributed by atoms with Gasteiger partial charge in [-0.3, -0.25) is 0 Å². The molecule has 0 spiro atoms. The van der Waals surface area contributed by atoms with Crippen LogP contribution in [0.3, 0.4) is 0 Å². The summed E-state index contributed by atoms with van der Waals surface area (Å²) in [6, 6.07) is 14.0. The highest BCUT2D eigenvalue weighted by Crippen LogP contribution is 2.28. The lowest BCUT2D eigenvalue weighted by atomic mass is 10.1. The molecule has 0 bridgehead atoms. The van der Waals surface area contributed by atoms with Crippen LogP contribution in [0.15, 0.2) is 42.5 Å². The van der Waals surface area contributed by atoms with Crippen molar-refractivity contribution in [1.29, 1.82) is 0 Å². The van der Waals surface area contributed by atoms with Gasteiger partial charge in [0.05, 0.1) is 24.8 Å². The van der Waals surface area contributed by atoms with Crippen molar-refractivity contribution in [2.45, 2.75) is 26.3 Å². The van der Waals surface area contributed by atoms with Gasteiger partial charge < -0.3 is 14.8 Å². The summed E-state index contributed by atoms with van der Waals surface area (Å²) in [5.74, 6) is 2.19. The Morgan fingerprint density at radius 3 is 2.62 bits per heavy atom. The fourth-order valence-corrected chi connectivity index (χ4v) is 3.16. The van der Waals surface area contributed by atoms with Crippen molar-refractivity contribution in [3.05, 3.63) is 58.6 Å². The number of pyridine rings is 1. The van der Waals surface area contributed by atoms with Gasteiger partial charge in [-0.1, -0.05) is 37.1 Å². The maximum absolute atomic E-state index is 6.42. The van der Waals surface area contributed by atoms with Crippen LogP contribution in [0, 0.1) is 0 Å². The first kappa shape index (κ1) is 18.3. The summed E-state index contributed by atoms with van der Waals surface area (Å²) >= 11 is 6.42. The molecule has 3 rings (SSSR count). The Bertz CT molecular complexity index is 912. The number of aromatic nitrogens is 1. The lowest BCUT2D eigenvalue weighted by molar-refractivity contribution is 0.391. The van der Waals surface area contributed by atoms with Crippen LogP contribution in [0.1, 0.15) is 24.5 Å². The van der Waals surface area contributed by atoms with E-state index in [1.54, 1.807) is 14.2 Å². The Kier molecular flexibility index (Phi) is 5.84. The highest BCUT2D eigenvalue weighted by atomic mass is 35.5. The smallest absolute Gasteiger partial charge is 0.145 e. The minimum Gasteiger partial charge on any atom is -0.497 e. The lowest BCUT2D eigenvalue weighted by Crippen LogP contribution is -2.04. The molecule has 4 nitrogen and oxygen atoms in total. The zero-order valence-electron chi connectivity index (χ0n) is 15.3. The van der Waals surface area contributed by atoms with E-state index in [1.807, 2.05) is 24.3 Å². The van der Waals surface area contributed by atoms with E-state index in [-0.39, 0.29) is 0 Å². The number of methoxy groups -OCH3 is 2. The summed E-state index contributed by atoms with van der Waals surface area (Å²) in [5.41, 5.74) is 3.24. The third-order valence-electron chi connectivity index (χ3n) is 4.31. The van der Waals surface area contributed by atoms with E-state index in [1.165, 1.54) is 5.56 Å². The molecule has 1 heterocycles. The Morgan fingerprint density at radius 2 is 1.88 bits per heavy atom. The molecule has 0 radical (unpaired) electrons. The summed E-state index contributed by atoms with van der Waals surface area (Å²) in [7, 11) is 3.28. The first-order chi connectivity index (χ1) is 12.6. The quantitative estimate of drug-likeness (QED) is 0.598. The van der Waals surface area contributed by atoms with Crippen LogP contribution in [0.25, 0.3) is 10.9 Å². The fourth-order valence-electron chi connectivity index (χ4n) is 2.93. The molecule has 3 aromatic rings. The predicted molar refractivity (Wildman–Crippen MR) is 108 cm³/mol. The van der Waals surface area contributed by atoms with E-state index in [2.05, 4.69) is 30.4 Å². The van der Waals surface area contributed by atoms with Crippen LogP contribution >= 0.6 is 11.6 Å². The SMILES string of the molecule is CCCc1ccc2cc(Cl)c(NCc3ccc(OC)cc3OC)nc2c1. The van der Waals surface area contributed by atoms with E-state index in [0.29, 0.717) is 17.4 Å². The molecule has 0 aliphatic rings. The molecule has 136 valence electrons. The van der Waals surface area contributed by atoms with Crippen molar-refractivity contribution in [3.8, 4) is 11.5 Å². The minimum absolute atomic E-state index is 0.556. The number of rotatable bonds is 7. The molecule has 0 saturated heterocycles. The van der Waals surface area contributed by atoms with Gasteiger partial charge in [-0.05, 0) is 36.2 Å². The number of anilines is 1. The number of nitrogens with zero attached hydrogens (tertiary/aromatic N) is 1. The van der Waals surface area contributed by atoms with Crippen molar-refractivity contribution in [1.82, 2.24) is 4.98 Å². The Balaban J connectivity index is 1.85. The van der Waals surface area contributed by atoms with Crippen LogP contribution in [0.4, 0.5) is 5.82 Å². The topological polar surface area (TPSA) is 43.4 Å². The maximum Gasteiger partial charge on any atom is 0.145 e. The molecule has 26 heavy (non-hydrogen) atoms. The van der Waals surface area contributed by atoms with Crippen molar-refractivity contribution < 1.29 is 9.47 Å². The number of fused-ring (bicyclic) bond motifs is 1. The number of halogens is 1. The standard InChI is InChI=1S/C21H23ClN2O2/c1-4-5-14-6-7-15-11-18(22)21(24-19(15)10-14)23-13-16-8-9-17(25-2)12-20(16)26-3/h6-12H,4-5,13H2,1-3H3,(H,23,24). The van der Waals surface area contributed by atoms with Crippen LogP contribution in [-0.4, -0.2) is 19.2 Å². The molecule has 0 fully saturated rings. The molecule has 0 amide bonds. The Morgan fingerprint density at radius 1 is 1.04 bits per heavy atom. The van der Waals surface area contributed by atoms with Gasteiger partial charge in [-0.2, -0.15) is 0 Å². The summed E-state index contributed by atoms with van der Waals surface area (Å²) in [6.45, 7) is 2.73. The summed E-state index contributed by atoms with van der Waals surface area (Å²) < 4.78 is 10.7. The summed E-state index contributed by atoms with van der Waals surface area (Å²) in [5, 5.41) is 4.97. The van der Waals surface area contributed by atoms with Crippen molar-refractivity contribution in [2.75, 3.05) is 19.5 Å². The second-order valence-corrected chi connectivity index (χ2v) is 6.53. The van der Waals surface area contributed by atoms with Crippen LogP contribution in [0.5, 0.6) is 11.5 Å². The number of hydrogen-bond acceptors (Lipinski definition) is 4. The third-order valence-corrected chi connectivity index (χ3v) is 4.60. The first-order valence-corrected chi connectivity index (χ1v) is 9.06. The molecule has 0 aliphatic carbocycles. The first-order valence-electron chi connectivity index (χ1n) is 8.68. The second-order valence-electron chi connectivity index (χ2n) is 6.13. The minimum atomic E-state index is 0.556. The predicted octanol–water partition coefficient (Wildman–Crippen LogP) is 5.47. The molecule has 1 aromatic heterocycles. The molecule has 0 atom stereocenters. The van der Waals surface area contributed by atoms with Gasteiger partial charge in [-0.25, -0.2) is 4.98 Å². The maximum atomic E-state index is 6.42. The van der Waals surface area contributed by atoms with E-state index < -0.39 is 0 Å². The van der Waals surface area contributed by atoms with Crippen molar-refractivity contribution in [2.24, 2.45) is 0 Å². The summed E-state index contributed by atoms with van der Waals surface area (Å²) in [4.78, 5) is 4.71. The molecule has 5 heteroatoms. The molecular weight excluding hydrogens is 348 g/mol. The van der Waals surface area contributed by atoms with Gasteiger partial charge in [0, 0.05) is 23.6 Å². The molecule has 0 saturated carbocycles. The van der Waals surface area contributed by atoms with Gasteiger partial charge >= 0.3 is 0 Å². The second kappa shape index (κ2) is 8.28. The molecule has 1 N–H and O–H groups in total. The van der Waals surface area contributed by atoms with E-state index in [4.69, 9.17) is 26.1 Å². The van der Waals surface area contributed by atoms with Crippen LogP contribution in [-0.2, 0) is 13.0 Å². The normalized spacial score (nSPS) is 10.8. The third kappa shape index (κ3) is 4.02. The summed E-state index contributed by atoms with van der Waals surface area (Å²) in [6.07, 6.45) is 2.16. The number of hydrogen-bond donors (Lipinski definition) is 1. The van der Waals surface area contributed by atoms with Crippen molar-refractivity contribution in [3.63, 3.8) is 0 Å². The van der Waals surface area contributed by atoms with E-state index >= 15 is 0 Å². The van der Waals surface area contributed by atoms with Gasteiger partial charge in [-0.15, -0.1) is 0 Å². The molecule has 2 aromatic carbocycles.